The fourth-order valence-corrected chi connectivity index (χ4v) is 3.68. The predicted octanol–water partition coefficient (Wildman–Crippen LogP) is 3.52. The topological polar surface area (TPSA) is 61.9 Å². The Hall–Kier alpha value is -3.12. The molecule has 1 heterocycles. The molecule has 1 aliphatic rings. The van der Waals surface area contributed by atoms with Crippen molar-refractivity contribution in [3.63, 3.8) is 0 Å². The summed E-state index contributed by atoms with van der Waals surface area (Å²) in [5.41, 5.74) is 2.52. The molecular weight excluding hydrogens is 378 g/mol. The molecule has 0 atom stereocenters. The third-order valence-corrected chi connectivity index (χ3v) is 5.54. The lowest BCUT2D eigenvalue weighted by Gasteiger charge is -2.37. The predicted molar refractivity (Wildman–Crippen MR) is 118 cm³/mol. The molecule has 6 nitrogen and oxygen atoms in total. The van der Waals surface area contributed by atoms with Crippen molar-refractivity contribution in [1.82, 2.24) is 9.80 Å². The lowest BCUT2D eigenvalue weighted by atomic mass is 10.0. The lowest BCUT2D eigenvalue weighted by molar-refractivity contribution is -0.115. The summed E-state index contributed by atoms with van der Waals surface area (Å²) in [6, 6.07) is 17.8. The first-order valence-electron chi connectivity index (χ1n) is 10.2. The first-order valence-corrected chi connectivity index (χ1v) is 10.2. The van der Waals surface area contributed by atoms with Gasteiger partial charge in [-0.15, -0.1) is 0 Å². The summed E-state index contributed by atoms with van der Waals surface area (Å²) < 4.78 is 4.81. The van der Waals surface area contributed by atoms with Crippen molar-refractivity contribution in [2.24, 2.45) is 0 Å². The van der Waals surface area contributed by atoms with E-state index in [1.54, 1.807) is 24.3 Å². The van der Waals surface area contributed by atoms with Gasteiger partial charge in [-0.2, -0.15) is 0 Å². The number of piperidine rings is 1. The van der Waals surface area contributed by atoms with Gasteiger partial charge in [0.15, 0.2) is 5.76 Å². The van der Waals surface area contributed by atoms with E-state index >= 15 is 0 Å². The van der Waals surface area contributed by atoms with E-state index < -0.39 is 5.91 Å². The minimum absolute atomic E-state index is 0.0262. The van der Waals surface area contributed by atoms with Gasteiger partial charge in [-0.05, 0) is 49.7 Å². The number of likely N-dealkylation sites (tertiary alicyclic amines) is 1. The number of nitrogens with one attached hydrogen (secondary N) is 1. The Morgan fingerprint density at radius 3 is 2.33 bits per heavy atom. The van der Waals surface area contributed by atoms with Crippen LogP contribution in [0.2, 0.25) is 0 Å². The zero-order valence-corrected chi connectivity index (χ0v) is 17.6. The van der Waals surface area contributed by atoms with E-state index in [9.17, 15) is 9.59 Å². The number of rotatable bonds is 7. The number of amides is 2. The van der Waals surface area contributed by atoms with Crippen molar-refractivity contribution in [1.29, 1.82) is 0 Å². The van der Waals surface area contributed by atoms with Crippen LogP contribution in [0.4, 0.5) is 5.69 Å². The summed E-state index contributed by atoms with van der Waals surface area (Å²) in [4.78, 5) is 28.9. The van der Waals surface area contributed by atoms with E-state index in [4.69, 9.17) is 4.74 Å². The van der Waals surface area contributed by atoms with Crippen LogP contribution < -0.4 is 5.32 Å². The molecule has 0 aromatic heterocycles. The monoisotopic (exact) mass is 407 g/mol. The molecule has 1 N–H and O–H groups in total. The number of anilines is 1. The molecule has 1 aliphatic heterocycles. The molecule has 0 saturated carbocycles. The van der Waals surface area contributed by atoms with Crippen LogP contribution in [-0.2, 0) is 16.1 Å². The van der Waals surface area contributed by atoms with E-state index in [-0.39, 0.29) is 11.7 Å². The highest BCUT2D eigenvalue weighted by atomic mass is 16.5. The Morgan fingerprint density at radius 1 is 1.10 bits per heavy atom. The highest BCUT2D eigenvalue weighted by molar-refractivity contribution is 6.02. The second-order valence-electron chi connectivity index (χ2n) is 7.58. The van der Waals surface area contributed by atoms with Crippen LogP contribution in [0, 0.1) is 0 Å². The van der Waals surface area contributed by atoms with Gasteiger partial charge in [0.2, 0.25) is 0 Å². The maximum Gasteiger partial charge on any atom is 0.290 e. The fraction of sp³-hybridized carbons (Fsp3) is 0.333. The van der Waals surface area contributed by atoms with Crippen LogP contribution >= 0.6 is 0 Å². The molecule has 158 valence electrons. The quantitative estimate of drug-likeness (QED) is 0.564. The largest absolute Gasteiger partial charge is 0.492 e. The Labute approximate surface area is 178 Å². The van der Waals surface area contributed by atoms with E-state index in [0.29, 0.717) is 17.3 Å². The summed E-state index contributed by atoms with van der Waals surface area (Å²) in [6.07, 6.45) is 1.92. The Balaban J connectivity index is 1.51. The zero-order valence-electron chi connectivity index (χ0n) is 17.6. The fourth-order valence-electron chi connectivity index (χ4n) is 3.68. The van der Waals surface area contributed by atoms with Gasteiger partial charge in [0.1, 0.15) is 0 Å². The van der Waals surface area contributed by atoms with Crippen molar-refractivity contribution in [3.05, 3.63) is 78.1 Å². The third-order valence-electron chi connectivity index (χ3n) is 5.54. The lowest BCUT2D eigenvalue weighted by Crippen LogP contribution is -2.45. The van der Waals surface area contributed by atoms with Gasteiger partial charge in [-0.3, -0.25) is 14.5 Å². The normalized spacial score (nSPS) is 14.4. The van der Waals surface area contributed by atoms with Gasteiger partial charge in [0, 0.05) is 36.9 Å². The molecule has 0 aliphatic carbocycles. The molecule has 1 saturated heterocycles. The highest BCUT2D eigenvalue weighted by Crippen LogP contribution is 2.20. The molecular formula is C24H29N3O3. The van der Waals surface area contributed by atoms with Crippen LogP contribution in [0.15, 0.2) is 66.9 Å². The van der Waals surface area contributed by atoms with Crippen molar-refractivity contribution in [3.8, 4) is 0 Å². The first-order chi connectivity index (χ1) is 14.5. The maximum absolute atomic E-state index is 12.8. The number of benzene rings is 2. The summed E-state index contributed by atoms with van der Waals surface area (Å²) in [7, 11) is 3.55. The van der Waals surface area contributed by atoms with Crippen molar-refractivity contribution < 1.29 is 14.3 Å². The van der Waals surface area contributed by atoms with Gasteiger partial charge >= 0.3 is 0 Å². The Bertz CT molecular complexity index is 872. The smallest absolute Gasteiger partial charge is 0.290 e. The van der Waals surface area contributed by atoms with Gasteiger partial charge in [0.25, 0.3) is 11.8 Å². The number of ether oxygens (including phenoxy) is 1. The molecule has 0 bridgehead atoms. The zero-order chi connectivity index (χ0) is 21.5. The van der Waals surface area contributed by atoms with Crippen LogP contribution in [0.25, 0.3) is 0 Å². The van der Waals surface area contributed by atoms with Crippen LogP contribution in [0.3, 0.4) is 0 Å². The summed E-state index contributed by atoms with van der Waals surface area (Å²) in [5, 5.41) is 2.68. The van der Waals surface area contributed by atoms with Crippen molar-refractivity contribution >= 4 is 17.5 Å². The molecule has 3 rings (SSSR count). The second-order valence-corrected chi connectivity index (χ2v) is 7.58. The minimum Gasteiger partial charge on any atom is -0.492 e. The number of carbonyl (C=O) groups is 2. The molecule has 6 heteroatoms. The molecule has 2 amide bonds. The molecule has 0 unspecified atom stereocenters. The number of carbonyl (C=O) groups excluding carboxylic acids is 2. The Morgan fingerprint density at radius 2 is 1.73 bits per heavy atom. The molecule has 1 fully saturated rings. The molecule has 2 aromatic carbocycles. The summed E-state index contributed by atoms with van der Waals surface area (Å²) >= 11 is 0. The number of hydrogen-bond donors (Lipinski definition) is 1. The van der Waals surface area contributed by atoms with Crippen molar-refractivity contribution in [2.45, 2.75) is 25.4 Å². The SMILES string of the molecule is C=C(OC)C(=O)Nc1ccc(C(=O)N2CCC(N(C)Cc3ccccc3)CC2)cc1. The molecule has 0 radical (unpaired) electrons. The van der Waals surface area contributed by atoms with Gasteiger partial charge in [-0.25, -0.2) is 0 Å². The average molecular weight is 408 g/mol. The summed E-state index contributed by atoms with van der Waals surface area (Å²) in [5.74, 6) is -0.341. The third kappa shape index (κ3) is 5.48. The van der Waals surface area contributed by atoms with Crippen LogP contribution in [-0.4, -0.2) is 54.9 Å². The molecule has 2 aromatic rings. The molecule has 0 spiro atoms. The van der Waals surface area contributed by atoms with E-state index in [2.05, 4.69) is 48.1 Å². The van der Waals surface area contributed by atoms with E-state index in [1.165, 1.54) is 12.7 Å². The standard InChI is InChI=1S/C24H29N3O3/c1-18(30-3)23(28)25-21-11-9-20(10-12-21)24(29)27-15-13-22(14-16-27)26(2)17-19-7-5-4-6-8-19/h4-12,22H,1,13-17H2,2-3H3,(H,25,28). The van der Waals surface area contributed by atoms with E-state index in [1.807, 2.05) is 11.0 Å². The van der Waals surface area contributed by atoms with Gasteiger partial charge in [-0.1, -0.05) is 36.9 Å². The molecule has 30 heavy (non-hydrogen) atoms. The van der Waals surface area contributed by atoms with Crippen LogP contribution in [0.5, 0.6) is 0 Å². The maximum atomic E-state index is 12.8. The summed E-state index contributed by atoms with van der Waals surface area (Å²) in [6.45, 7) is 5.93. The van der Waals surface area contributed by atoms with Gasteiger partial charge < -0.3 is 15.0 Å². The second kappa shape index (κ2) is 10.1. The average Bonchev–Trinajstić information content (AvgIpc) is 2.79. The van der Waals surface area contributed by atoms with Gasteiger partial charge in [0.05, 0.1) is 7.11 Å². The Kier molecular flexibility index (Phi) is 7.25. The highest BCUT2D eigenvalue weighted by Gasteiger charge is 2.26. The van der Waals surface area contributed by atoms with Crippen LogP contribution in [0.1, 0.15) is 28.8 Å². The number of nitrogens with zero attached hydrogens (tertiary/aromatic N) is 2. The van der Waals surface area contributed by atoms with E-state index in [0.717, 1.165) is 32.5 Å². The number of methoxy groups -OCH3 is 1. The van der Waals surface area contributed by atoms with Crippen molar-refractivity contribution in [2.75, 3.05) is 32.6 Å². The number of hydrogen-bond acceptors (Lipinski definition) is 4. The minimum atomic E-state index is -0.404. The first kappa shape index (κ1) is 21.6.